The van der Waals surface area contributed by atoms with E-state index in [4.69, 9.17) is 21.4 Å². The highest BCUT2D eigenvalue weighted by atomic mass is 35.5. The second-order valence-electron chi connectivity index (χ2n) is 2.47. The van der Waals surface area contributed by atoms with E-state index in [1.54, 1.807) is 12.3 Å². The van der Waals surface area contributed by atoms with Gasteiger partial charge in [-0.05, 0) is 18.4 Å². The van der Waals surface area contributed by atoms with Gasteiger partial charge in [0.15, 0.2) is 0 Å². The van der Waals surface area contributed by atoms with E-state index in [2.05, 4.69) is 0 Å². The van der Waals surface area contributed by atoms with Crippen molar-refractivity contribution >= 4 is 29.3 Å². The van der Waals surface area contributed by atoms with Gasteiger partial charge in [-0.2, -0.15) is 0 Å². The summed E-state index contributed by atoms with van der Waals surface area (Å²) in [5.74, 6) is -0.500. The van der Waals surface area contributed by atoms with Crippen LogP contribution in [0.3, 0.4) is 0 Å². The van der Waals surface area contributed by atoms with Gasteiger partial charge >= 0.3 is 5.97 Å². The van der Waals surface area contributed by atoms with Crippen molar-refractivity contribution in [2.24, 2.45) is 0 Å². The summed E-state index contributed by atoms with van der Waals surface area (Å²) in [5.41, 5.74) is 0.198. The van der Waals surface area contributed by atoms with Crippen LogP contribution < -0.4 is 4.74 Å². The number of hydrogen-bond donors (Lipinski definition) is 1. The van der Waals surface area contributed by atoms with E-state index in [0.29, 0.717) is 15.7 Å². The maximum absolute atomic E-state index is 10.8. The Kier molecular flexibility index (Phi) is 3.66. The molecular formula is C9H9ClO3S. The molecule has 0 saturated carbocycles. The first kappa shape index (κ1) is 11.2. The van der Waals surface area contributed by atoms with E-state index in [1.807, 2.05) is 0 Å². The van der Waals surface area contributed by atoms with Gasteiger partial charge in [0.05, 0.1) is 17.7 Å². The van der Waals surface area contributed by atoms with Crippen LogP contribution in [0.5, 0.6) is 5.75 Å². The summed E-state index contributed by atoms with van der Waals surface area (Å²) in [5, 5.41) is 9.22. The first-order valence-electron chi connectivity index (χ1n) is 3.75. The monoisotopic (exact) mass is 232 g/mol. The number of methoxy groups -OCH3 is 1. The average molecular weight is 233 g/mol. The number of hydrogen-bond acceptors (Lipinski definition) is 3. The summed E-state index contributed by atoms with van der Waals surface area (Å²) in [7, 11) is 1.49. The lowest BCUT2D eigenvalue weighted by molar-refractivity contribution is 0.0693. The number of carboxylic acids is 1. The van der Waals surface area contributed by atoms with Gasteiger partial charge in [0.1, 0.15) is 5.75 Å². The molecule has 1 aromatic carbocycles. The molecule has 0 aliphatic carbocycles. The van der Waals surface area contributed by atoms with Crippen LogP contribution in [-0.2, 0) is 0 Å². The van der Waals surface area contributed by atoms with Crippen molar-refractivity contribution in [1.82, 2.24) is 0 Å². The highest BCUT2D eigenvalue weighted by molar-refractivity contribution is 7.98. The zero-order chi connectivity index (χ0) is 10.7. The van der Waals surface area contributed by atoms with Crippen molar-refractivity contribution in [3.05, 3.63) is 22.7 Å². The third-order valence-corrected chi connectivity index (χ3v) is 3.04. The number of benzene rings is 1. The molecule has 3 nitrogen and oxygen atoms in total. The zero-order valence-corrected chi connectivity index (χ0v) is 9.28. The molecule has 0 unspecified atom stereocenters. The minimum absolute atomic E-state index is 0.198. The summed E-state index contributed by atoms with van der Waals surface area (Å²) in [6.07, 6.45) is 1.77. The van der Waals surface area contributed by atoms with Crippen molar-refractivity contribution < 1.29 is 14.6 Å². The Hall–Kier alpha value is -0.870. The Morgan fingerprint density at radius 3 is 2.64 bits per heavy atom. The minimum Gasteiger partial charge on any atom is -0.495 e. The van der Waals surface area contributed by atoms with Crippen molar-refractivity contribution in [3.8, 4) is 5.75 Å². The summed E-state index contributed by atoms with van der Waals surface area (Å²) >= 11 is 7.24. The van der Waals surface area contributed by atoms with E-state index in [1.165, 1.54) is 24.9 Å². The highest BCUT2D eigenvalue weighted by Gasteiger charge is 2.15. The van der Waals surface area contributed by atoms with E-state index in [-0.39, 0.29) is 5.56 Å². The molecule has 0 heterocycles. The van der Waals surface area contributed by atoms with Crippen LogP contribution in [0.2, 0.25) is 5.02 Å². The Bertz CT molecular complexity index is 365. The summed E-state index contributed by atoms with van der Waals surface area (Å²) in [6, 6.07) is 3.03. The first-order chi connectivity index (χ1) is 6.61. The smallest absolute Gasteiger partial charge is 0.336 e. The van der Waals surface area contributed by atoms with Gasteiger partial charge in [-0.15, -0.1) is 11.8 Å². The molecule has 0 bridgehead atoms. The molecule has 5 heteroatoms. The van der Waals surface area contributed by atoms with Gasteiger partial charge in [-0.3, -0.25) is 0 Å². The van der Waals surface area contributed by atoms with E-state index in [0.717, 1.165) is 0 Å². The molecule has 1 aromatic rings. The first-order valence-corrected chi connectivity index (χ1v) is 5.35. The Balaban J connectivity index is 3.35. The van der Waals surface area contributed by atoms with E-state index in [9.17, 15) is 4.79 Å². The largest absolute Gasteiger partial charge is 0.495 e. The van der Waals surface area contributed by atoms with Gasteiger partial charge in [0.2, 0.25) is 0 Å². The third-order valence-electron chi connectivity index (χ3n) is 1.72. The van der Waals surface area contributed by atoms with Crippen LogP contribution in [0.1, 0.15) is 10.4 Å². The Labute approximate surface area is 91.0 Å². The summed E-state index contributed by atoms with van der Waals surface area (Å²) in [4.78, 5) is 11.3. The molecule has 0 fully saturated rings. The maximum atomic E-state index is 10.8. The number of halogens is 1. The van der Waals surface area contributed by atoms with Crippen LogP contribution in [0, 0.1) is 0 Å². The summed E-state index contributed by atoms with van der Waals surface area (Å²) in [6.45, 7) is 0. The van der Waals surface area contributed by atoms with Crippen molar-refractivity contribution in [2.75, 3.05) is 13.4 Å². The SMILES string of the molecule is COc1ccc(C(=O)O)c(SC)c1Cl. The maximum Gasteiger partial charge on any atom is 0.336 e. The lowest BCUT2D eigenvalue weighted by Crippen LogP contribution is -2.00. The molecule has 0 saturated heterocycles. The number of aromatic carboxylic acids is 1. The van der Waals surface area contributed by atoms with Gasteiger partial charge in [0, 0.05) is 4.90 Å². The van der Waals surface area contributed by atoms with E-state index < -0.39 is 5.97 Å². The standard InChI is InChI=1S/C9H9ClO3S/c1-13-6-4-3-5(9(11)12)8(14-2)7(6)10/h3-4H,1-2H3,(H,11,12). The molecule has 0 aromatic heterocycles. The topological polar surface area (TPSA) is 46.5 Å². The van der Waals surface area contributed by atoms with Crippen molar-refractivity contribution in [2.45, 2.75) is 4.90 Å². The lowest BCUT2D eigenvalue weighted by atomic mass is 10.2. The van der Waals surface area contributed by atoms with Gasteiger partial charge in [-0.1, -0.05) is 11.6 Å². The number of carboxylic acid groups (broad SMARTS) is 1. The number of rotatable bonds is 3. The molecule has 0 amide bonds. The molecule has 1 rings (SSSR count). The Morgan fingerprint density at radius 2 is 2.21 bits per heavy atom. The predicted octanol–water partition coefficient (Wildman–Crippen LogP) is 2.77. The van der Waals surface area contributed by atoms with Gasteiger partial charge in [-0.25, -0.2) is 4.79 Å². The fraction of sp³-hybridized carbons (Fsp3) is 0.222. The Morgan fingerprint density at radius 1 is 1.57 bits per heavy atom. The predicted molar refractivity (Wildman–Crippen MR) is 56.7 cm³/mol. The van der Waals surface area contributed by atoms with Crippen molar-refractivity contribution in [3.63, 3.8) is 0 Å². The number of thioether (sulfide) groups is 1. The minimum atomic E-state index is -0.987. The number of ether oxygens (including phenoxy) is 1. The van der Waals surface area contributed by atoms with Crippen LogP contribution >= 0.6 is 23.4 Å². The molecule has 0 atom stereocenters. The second-order valence-corrected chi connectivity index (χ2v) is 3.66. The molecule has 1 N–H and O–H groups in total. The highest BCUT2D eigenvalue weighted by Crippen LogP contribution is 2.36. The second kappa shape index (κ2) is 4.57. The lowest BCUT2D eigenvalue weighted by Gasteiger charge is -2.09. The van der Waals surface area contributed by atoms with Crippen LogP contribution in [-0.4, -0.2) is 24.4 Å². The normalized spacial score (nSPS) is 9.93. The van der Waals surface area contributed by atoms with E-state index >= 15 is 0 Å². The third kappa shape index (κ3) is 1.96. The fourth-order valence-electron chi connectivity index (χ4n) is 1.06. The van der Waals surface area contributed by atoms with Gasteiger partial charge < -0.3 is 9.84 Å². The van der Waals surface area contributed by atoms with Crippen LogP contribution in [0.15, 0.2) is 17.0 Å². The van der Waals surface area contributed by atoms with Crippen molar-refractivity contribution in [1.29, 1.82) is 0 Å². The molecule has 0 spiro atoms. The van der Waals surface area contributed by atoms with Gasteiger partial charge in [0.25, 0.3) is 0 Å². The molecule has 0 aliphatic rings. The van der Waals surface area contributed by atoms with Crippen LogP contribution in [0.25, 0.3) is 0 Å². The summed E-state index contributed by atoms with van der Waals surface area (Å²) < 4.78 is 4.98. The fourth-order valence-corrected chi connectivity index (χ4v) is 2.19. The number of carbonyl (C=O) groups is 1. The molecule has 0 radical (unpaired) electrons. The quantitative estimate of drug-likeness (QED) is 0.814. The molecule has 0 aliphatic heterocycles. The molecular weight excluding hydrogens is 224 g/mol. The zero-order valence-electron chi connectivity index (χ0n) is 7.70. The molecule has 76 valence electrons. The average Bonchev–Trinajstić information content (AvgIpc) is 2.17. The molecule has 14 heavy (non-hydrogen) atoms. The van der Waals surface area contributed by atoms with Crippen LogP contribution in [0.4, 0.5) is 0 Å².